The summed E-state index contributed by atoms with van der Waals surface area (Å²) in [4.78, 5) is 10.9. The number of carboxylic acids is 1. The number of carboxylic acid groups (broad SMARTS) is 1. The molecule has 0 radical (unpaired) electrons. The van der Waals surface area contributed by atoms with E-state index in [1.807, 2.05) is 0 Å². The maximum atomic E-state index is 10.9. The summed E-state index contributed by atoms with van der Waals surface area (Å²) < 4.78 is 1.56. The van der Waals surface area contributed by atoms with Crippen LogP contribution in [0.3, 0.4) is 0 Å². The Morgan fingerprint density at radius 1 is 1.57 bits per heavy atom. The highest BCUT2D eigenvalue weighted by atomic mass is 16.4. The number of aromatic carboxylic acids is 1. The molecule has 1 aromatic heterocycles. The molecule has 0 bridgehead atoms. The van der Waals surface area contributed by atoms with E-state index in [1.54, 1.807) is 4.68 Å². The van der Waals surface area contributed by atoms with E-state index in [0.29, 0.717) is 0 Å². The van der Waals surface area contributed by atoms with Crippen LogP contribution in [0.25, 0.3) is 0 Å². The van der Waals surface area contributed by atoms with Gasteiger partial charge in [0.25, 0.3) is 0 Å². The van der Waals surface area contributed by atoms with Gasteiger partial charge in [-0.3, -0.25) is 4.68 Å². The smallest absolute Gasteiger partial charge is 0.356 e. The minimum Gasteiger partial charge on any atom is -0.476 e. The lowest BCUT2D eigenvalue weighted by molar-refractivity contribution is 0.0681. The zero-order valence-electron chi connectivity index (χ0n) is 7.81. The quantitative estimate of drug-likeness (QED) is 0.744. The Labute approximate surface area is 81.5 Å². The average molecular weight is 195 g/mol. The molecular formula is C9H13N3O2. The standard InChI is InChI=1S/C9H13N3O2/c10-7-5-11-12(8(7)9(13)14)6-3-1-2-4-6/h5-6H,1-4,10H2,(H,13,14). The zero-order chi connectivity index (χ0) is 10.1. The topological polar surface area (TPSA) is 81.1 Å². The number of nitrogens with zero attached hydrogens (tertiary/aromatic N) is 2. The number of rotatable bonds is 2. The second-order valence-corrected chi connectivity index (χ2v) is 3.64. The Morgan fingerprint density at radius 2 is 2.21 bits per heavy atom. The Morgan fingerprint density at radius 3 is 2.79 bits per heavy atom. The van der Waals surface area contributed by atoms with E-state index < -0.39 is 5.97 Å². The highest BCUT2D eigenvalue weighted by molar-refractivity contribution is 5.91. The summed E-state index contributed by atoms with van der Waals surface area (Å²) in [5.74, 6) is -0.994. The molecule has 1 aliphatic rings. The molecule has 76 valence electrons. The van der Waals surface area contributed by atoms with Crippen LogP contribution in [0.15, 0.2) is 6.20 Å². The van der Waals surface area contributed by atoms with E-state index >= 15 is 0 Å². The van der Waals surface area contributed by atoms with Gasteiger partial charge in [-0.1, -0.05) is 12.8 Å². The molecular weight excluding hydrogens is 182 g/mol. The number of hydrogen-bond donors (Lipinski definition) is 2. The van der Waals surface area contributed by atoms with Crippen molar-refractivity contribution in [2.45, 2.75) is 31.7 Å². The second-order valence-electron chi connectivity index (χ2n) is 3.64. The predicted octanol–water partition coefficient (Wildman–Crippen LogP) is 1.28. The average Bonchev–Trinajstić information content (AvgIpc) is 2.70. The third-order valence-electron chi connectivity index (χ3n) is 2.70. The van der Waals surface area contributed by atoms with Gasteiger partial charge in [-0.2, -0.15) is 5.10 Å². The van der Waals surface area contributed by atoms with Gasteiger partial charge in [0.1, 0.15) is 0 Å². The summed E-state index contributed by atoms with van der Waals surface area (Å²) in [6.45, 7) is 0. The Hall–Kier alpha value is -1.52. The minimum absolute atomic E-state index is 0.136. The molecule has 0 atom stereocenters. The first-order valence-electron chi connectivity index (χ1n) is 4.76. The maximum absolute atomic E-state index is 10.9. The fraction of sp³-hybridized carbons (Fsp3) is 0.556. The molecule has 1 heterocycles. The summed E-state index contributed by atoms with van der Waals surface area (Å²) in [5, 5.41) is 13.0. The molecule has 1 saturated carbocycles. The van der Waals surface area contributed by atoms with Crippen LogP contribution in [-0.2, 0) is 0 Å². The van der Waals surface area contributed by atoms with Gasteiger partial charge in [0.2, 0.25) is 0 Å². The summed E-state index contributed by atoms with van der Waals surface area (Å²) in [6, 6.07) is 0.221. The van der Waals surface area contributed by atoms with Gasteiger partial charge in [0.15, 0.2) is 5.69 Å². The fourth-order valence-electron chi connectivity index (χ4n) is 2.02. The van der Waals surface area contributed by atoms with Crippen LogP contribution >= 0.6 is 0 Å². The van der Waals surface area contributed by atoms with E-state index in [9.17, 15) is 4.79 Å². The molecule has 0 unspecified atom stereocenters. The van der Waals surface area contributed by atoms with Crippen molar-refractivity contribution in [2.75, 3.05) is 5.73 Å². The highest BCUT2D eigenvalue weighted by Gasteiger charge is 2.24. The lowest BCUT2D eigenvalue weighted by Gasteiger charge is -2.11. The Bertz CT molecular complexity index is 353. The van der Waals surface area contributed by atoms with Crippen LogP contribution in [0.4, 0.5) is 5.69 Å². The molecule has 0 aliphatic heterocycles. The molecule has 14 heavy (non-hydrogen) atoms. The van der Waals surface area contributed by atoms with Crippen molar-refractivity contribution >= 4 is 11.7 Å². The van der Waals surface area contributed by atoms with Gasteiger partial charge in [-0.15, -0.1) is 0 Å². The first-order chi connectivity index (χ1) is 6.70. The lowest BCUT2D eigenvalue weighted by atomic mass is 10.2. The molecule has 1 fully saturated rings. The summed E-state index contributed by atoms with van der Waals surface area (Å²) in [5.41, 5.74) is 5.94. The van der Waals surface area contributed by atoms with Gasteiger partial charge in [0, 0.05) is 0 Å². The third kappa shape index (κ3) is 1.34. The lowest BCUT2D eigenvalue weighted by Crippen LogP contribution is -2.15. The monoisotopic (exact) mass is 195 g/mol. The highest BCUT2D eigenvalue weighted by Crippen LogP contribution is 2.31. The summed E-state index contributed by atoms with van der Waals surface area (Å²) in [7, 11) is 0. The van der Waals surface area contributed by atoms with Crippen molar-refractivity contribution in [3.63, 3.8) is 0 Å². The van der Waals surface area contributed by atoms with Crippen LogP contribution in [-0.4, -0.2) is 20.9 Å². The van der Waals surface area contributed by atoms with Gasteiger partial charge in [-0.05, 0) is 12.8 Å². The molecule has 5 heteroatoms. The minimum atomic E-state index is -0.994. The van der Waals surface area contributed by atoms with Crippen LogP contribution < -0.4 is 5.73 Å². The fourth-order valence-corrected chi connectivity index (χ4v) is 2.02. The molecule has 0 spiro atoms. The van der Waals surface area contributed by atoms with Crippen molar-refractivity contribution in [2.24, 2.45) is 0 Å². The van der Waals surface area contributed by atoms with Crippen LogP contribution in [0.2, 0.25) is 0 Å². The SMILES string of the molecule is Nc1cnn(C2CCCC2)c1C(=O)O. The molecule has 0 saturated heterocycles. The summed E-state index contributed by atoms with van der Waals surface area (Å²) in [6.07, 6.45) is 5.71. The summed E-state index contributed by atoms with van der Waals surface area (Å²) >= 11 is 0. The van der Waals surface area contributed by atoms with Gasteiger partial charge >= 0.3 is 5.97 Å². The number of hydrogen-bond acceptors (Lipinski definition) is 3. The van der Waals surface area contributed by atoms with Crippen molar-refractivity contribution in [1.82, 2.24) is 9.78 Å². The maximum Gasteiger partial charge on any atom is 0.356 e. The van der Waals surface area contributed by atoms with Crippen LogP contribution in [0.1, 0.15) is 42.2 Å². The normalized spacial score (nSPS) is 17.4. The van der Waals surface area contributed by atoms with Gasteiger partial charge in [-0.25, -0.2) is 4.79 Å². The van der Waals surface area contributed by atoms with Crippen LogP contribution in [0.5, 0.6) is 0 Å². The molecule has 0 amide bonds. The van der Waals surface area contributed by atoms with Gasteiger partial charge in [0.05, 0.1) is 17.9 Å². The number of carbonyl (C=O) groups is 1. The zero-order valence-corrected chi connectivity index (χ0v) is 7.81. The largest absolute Gasteiger partial charge is 0.476 e. The molecule has 5 nitrogen and oxygen atoms in total. The van der Waals surface area contributed by atoms with E-state index in [2.05, 4.69) is 5.10 Å². The molecule has 1 aromatic rings. The Kier molecular flexibility index (Phi) is 2.15. The predicted molar refractivity (Wildman–Crippen MR) is 51.1 cm³/mol. The van der Waals surface area contributed by atoms with Crippen molar-refractivity contribution in [3.05, 3.63) is 11.9 Å². The first kappa shape index (κ1) is 9.05. The van der Waals surface area contributed by atoms with E-state index in [-0.39, 0.29) is 17.4 Å². The van der Waals surface area contributed by atoms with Crippen molar-refractivity contribution in [3.8, 4) is 0 Å². The molecule has 0 aromatic carbocycles. The van der Waals surface area contributed by atoms with E-state index in [1.165, 1.54) is 6.20 Å². The number of anilines is 1. The number of nitrogen functional groups attached to an aromatic ring is 1. The molecule has 3 N–H and O–H groups in total. The number of aromatic nitrogens is 2. The van der Waals surface area contributed by atoms with Gasteiger partial charge < -0.3 is 10.8 Å². The first-order valence-corrected chi connectivity index (χ1v) is 4.76. The third-order valence-corrected chi connectivity index (χ3v) is 2.70. The Balaban J connectivity index is 2.37. The van der Waals surface area contributed by atoms with Crippen molar-refractivity contribution < 1.29 is 9.90 Å². The second kappa shape index (κ2) is 3.32. The molecule has 1 aliphatic carbocycles. The van der Waals surface area contributed by atoms with E-state index in [0.717, 1.165) is 25.7 Å². The van der Waals surface area contributed by atoms with Crippen LogP contribution in [0, 0.1) is 0 Å². The van der Waals surface area contributed by atoms with Crippen molar-refractivity contribution in [1.29, 1.82) is 0 Å². The molecule has 2 rings (SSSR count). The van der Waals surface area contributed by atoms with E-state index in [4.69, 9.17) is 10.8 Å². The number of nitrogens with two attached hydrogens (primary N) is 1.